The lowest BCUT2D eigenvalue weighted by Gasteiger charge is -2.28. The molecule has 23 heavy (non-hydrogen) atoms. The van der Waals surface area contributed by atoms with E-state index in [4.69, 9.17) is 9.26 Å². The van der Waals surface area contributed by atoms with Crippen molar-refractivity contribution in [1.82, 2.24) is 0 Å². The van der Waals surface area contributed by atoms with E-state index < -0.39 is 0 Å². The lowest BCUT2D eigenvalue weighted by Crippen LogP contribution is -2.21. The van der Waals surface area contributed by atoms with Crippen LogP contribution in [0.15, 0.2) is 48.1 Å². The zero-order valence-electron chi connectivity index (χ0n) is 14.5. The molecule has 1 aliphatic rings. The number of ether oxygens (including phenoxy) is 1. The van der Waals surface area contributed by atoms with Crippen molar-refractivity contribution in [3.05, 3.63) is 53.6 Å². The average Bonchev–Trinajstić information content (AvgIpc) is 2.55. The minimum atomic E-state index is 0.0669. The van der Waals surface area contributed by atoms with Gasteiger partial charge in [0.2, 0.25) is 0 Å². The number of benzene rings is 1. The third kappa shape index (κ3) is 6.12. The fraction of sp³-hybridized carbons (Fsp3) is 0.500. The Morgan fingerprint density at radius 3 is 2.74 bits per heavy atom. The number of hydrogen-bond donors (Lipinski definition) is 0. The molecule has 3 heteroatoms. The summed E-state index contributed by atoms with van der Waals surface area (Å²) >= 11 is 0. The molecule has 0 spiro atoms. The molecule has 1 aromatic carbocycles. The average molecular weight is 332 g/mol. The van der Waals surface area contributed by atoms with Gasteiger partial charge in [0.25, 0.3) is 0 Å². The molecule has 1 aromatic rings. The second-order valence-corrected chi connectivity index (χ2v) is 6.96. The summed E-state index contributed by atoms with van der Waals surface area (Å²) in [6.45, 7) is 6.66. The number of rotatable bonds is 7. The maximum absolute atomic E-state index is 6.30. The minimum absolute atomic E-state index is 0.0669. The van der Waals surface area contributed by atoms with Gasteiger partial charge in [0.15, 0.2) is 0 Å². The molecule has 0 radical (unpaired) electrons. The van der Waals surface area contributed by atoms with Gasteiger partial charge in [-0.25, -0.2) is 0 Å². The van der Waals surface area contributed by atoms with Crippen LogP contribution >= 0.6 is 9.47 Å². The Morgan fingerprint density at radius 2 is 2.09 bits per heavy atom. The summed E-state index contributed by atoms with van der Waals surface area (Å²) in [5, 5.41) is 0. The van der Waals surface area contributed by atoms with Crippen LogP contribution in [0.1, 0.15) is 58.1 Å². The molecular weight excluding hydrogens is 303 g/mol. The summed E-state index contributed by atoms with van der Waals surface area (Å²) in [5.41, 5.74) is 2.60. The first-order valence-electron chi connectivity index (χ1n) is 8.50. The van der Waals surface area contributed by atoms with E-state index in [0.717, 1.165) is 18.6 Å². The van der Waals surface area contributed by atoms with Crippen LogP contribution in [0.25, 0.3) is 0 Å². The molecule has 0 N–H and O–H groups in total. The second kappa shape index (κ2) is 9.25. The van der Waals surface area contributed by atoms with Gasteiger partial charge in [0, 0.05) is 0 Å². The molecule has 2 rings (SSSR count). The second-order valence-electron chi connectivity index (χ2n) is 6.73. The monoisotopic (exact) mass is 332 g/mol. The summed E-state index contributed by atoms with van der Waals surface area (Å²) in [6.07, 6.45) is 11.7. The van der Waals surface area contributed by atoms with Gasteiger partial charge in [-0.2, -0.15) is 0 Å². The van der Waals surface area contributed by atoms with Crippen LogP contribution in [0.2, 0.25) is 0 Å². The highest BCUT2D eigenvalue weighted by molar-refractivity contribution is 7.10. The molecule has 0 saturated heterocycles. The molecule has 4 atom stereocenters. The standard InChI is InChI=1S/C20H29O2P/c1-15(2)6-4-7-16(3)14-19-8-5-9-20(21-19)17-10-12-18(22-23)13-11-17/h5-6,9-13,16,19-20H,4,7-8,14,23H2,1-3H3/t16-,19-,20-/m0/s1. The molecule has 0 aromatic heterocycles. The van der Waals surface area contributed by atoms with E-state index in [0.29, 0.717) is 12.0 Å². The van der Waals surface area contributed by atoms with Gasteiger partial charge >= 0.3 is 0 Å². The summed E-state index contributed by atoms with van der Waals surface area (Å²) in [5.74, 6) is 1.54. The van der Waals surface area contributed by atoms with Gasteiger partial charge in [-0.1, -0.05) is 42.9 Å². The Hall–Kier alpha value is -1.11. The normalized spacial score (nSPS) is 21.7. The van der Waals surface area contributed by atoms with Crippen LogP contribution < -0.4 is 4.52 Å². The first-order valence-corrected chi connectivity index (χ1v) is 8.97. The highest BCUT2D eigenvalue weighted by Crippen LogP contribution is 2.30. The first kappa shape index (κ1) is 18.2. The Balaban J connectivity index is 1.86. The predicted molar refractivity (Wildman–Crippen MR) is 101 cm³/mol. The highest BCUT2D eigenvalue weighted by atomic mass is 31.0. The quantitative estimate of drug-likeness (QED) is 0.449. The van der Waals surface area contributed by atoms with Crippen LogP contribution in [0.3, 0.4) is 0 Å². The number of hydrogen-bond acceptors (Lipinski definition) is 2. The molecule has 0 aliphatic carbocycles. The SMILES string of the molecule is CC(C)=CCC[C@H](C)C[C@@H]1CC=C[C@@H](c2ccc(OP)cc2)O1. The van der Waals surface area contributed by atoms with Gasteiger partial charge in [-0.05, 0) is 63.1 Å². The highest BCUT2D eigenvalue weighted by Gasteiger charge is 2.21. The van der Waals surface area contributed by atoms with E-state index in [-0.39, 0.29) is 6.10 Å². The smallest absolute Gasteiger partial charge is 0.122 e. The fourth-order valence-corrected chi connectivity index (χ4v) is 3.12. The van der Waals surface area contributed by atoms with Crippen LogP contribution in [-0.2, 0) is 4.74 Å². The molecule has 1 heterocycles. The van der Waals surface area contributed by atoms with E-state index in [1.165, 1.54) is 24.0 Å². The predicted octanol–water partition coefficient (Wildman–Crippen LogP) is 6.01. The fourth-order valence-electron chi connectivity index (χ4n) is 2.96. The van der Waals surface area contributed by atoms with Crippen molar-refractivity contribution >= 4 is 9.47 Å². The van der Waals surface area contributed by atoms with Crippen molar-refractivity contribution < 1.29 is 9.26 Å². The topological polar surface area (TPSA) is 18.5 Å². The Bertz CT molecular complexity index is 529. The molecule has 1 aliphatic heterocycles. The van der Waals surface area contributed by atoms with Crippen molar-refractivity contribution in [3.8, 4) is 5.75 Å². The Labute approximate surface area is 143 Å². The van der Waals surface area contributed by atoms with Crippen LogP contribution in [-0.4, -0.2) is 6.10 Å². The van der Waals surface area contributed by atoms with Crippen molar-refractivity contribution in [2.24, 2.45) is 5.92 Å². The molecule has 1 unspecified atom stereocenters. The van der Waals surface area contributed by atoms with Crippen molar-refractivity contribution in [2.75, 3.05) is 0 Å². The molecule has 0 bridgehead atoms. The van der Waals surface area contributed by atoms with E-state index in [1.807, 2.05) is 12.1 Å². The molecule has 0 saturated carbocycles. The maximum atomic E-state index is 6.30. The van der Waals surface area contributed by atoms with E-state index in [9.17, 15) is 0 Å². The van der Waals surface area contributed by atoms with Crippen LogP contribution in [0.4, 0.5) is 0 Å². The van der Waals surface area contributed by atoms with Crippen LogP contribution in [0, 0.1) is 5.92 Å². The van der Waals surface area contributed by atoms with Gasteiger partial charge in [0.1, 0.15) is 11.9 Å². The zero-order valence-corrected chi connectivity index (χ0v) is 15.7. The van der Waals surface area contributed by atoms with Gasteiger partial charge in [0.05, 0.1) is 15.6 Å². The maximum Gasteiger partial charge on any atom is 0.122 e. The minimum Gasteiger partial charge on any atom is -0.480 e. The third-order valence-corrected chi connectivity index (χ3v) is 4.54. The molecule has 126 valence electrons. The van der Waals surface area contributed by atoms with Gasteiger partial charge in [-0.3, -0.25) is 0 Å². The lowest BCUT2D eigenvalue weighted by atomic mass is 9.94. The van der Waals surface area contributed by atoms with E-state index in [1.54, 1.807) is 0 Å². The summed E-state index contributed by atoms with van der Waals surface area (Å²) < 4.78 is 11.4. The Kier molecular flexibility index (Phi) is 7.33. The molecular formula is C20H29O2P. The van der Waals surface area contributed by atoms with Crippen molar-refractivity contribution in [1.29, 1.82) is 0 Å². The lowest BCUT2D eigenvalue weighted by molar-refractivity contribution is -0.00764. The van der Waals surface area contributed by atoms with Gasteiger partial charge in [-0.15, -0.1) is 0 Å². The summed E-state index contributed by atoms with van der Waals surface area (Å²) in [6, 6.07) is 8.11. The Morgan fingerprint density at radius 1 is 1.35 bits per heavy atom. The van der Waals surface area contributed by atoms with Crippen molar-refractivity contribution in [2.45, 2.75) is 58.7 Å². The summed E-state index contributed by atoms with van der Waals surface area (Å²) in [7, 11) is 2.27. The molecule has 2 nitrogen and oxygen atoms in total. The summed E-state index contributed by atoms with van der Waals surface area (Å²) in [4.78, 5) is 0. The van der Waals surface area contributed by atoms with E-state index in [2.05, 4.69) is 60.6 Å². The zero-order chi connectivity index (χ0) is 16.7. The molecule has 0 amide bonds. The number of allylic oxidation sites excluding steroid dienone is 2. The first-order chi connectivity index (χ1) is 11.1. The van der Waals surface area contributed by atoms with Crippen molar-refractivity contribution in [3.63, 3.8) is 0 Å². The third-order valence-electron chi connectivity index (χ3n) is 4.27. The molecule has 0 fully saturated rings. The van der Waals surface area contributed by atoms with Crippen LogP contribution in [0.5, 0.6) is 5.75 Å². The van der Waals surface area contributed by atoms with E-state index >= 15 is 0 Å². The largest absolute Gasteiger partial charge is 0.480 e. The van der Waals surface area contributed by atoms with Gasteiger partial charge < -0.3 is 9.26 Å².